The van der Waals surface area contributed by atoms with Gasteiger partial charge in [-0.3, -0.25) is 14.3 Å². The standard InChI is InChI=1S/C40H51FN2O7Si/c1-26(2)51(27(3)4,28(5)6)50-36-34(49-37(39(36,7)41)43-24-23-35(44)42-38(43)45)25-48-40(29-13-11-10-12-14-29,30-15-19-32(46-8)20-16-30)31-17-21-33(47-9)22-18-31/h10-24,26-28,34,36-37H,25H2,1-9H3,(H,42,44,45)/t34-,36?,37+,39?/m1/s1. The molecule has 0 bridgehead atoms. The summed E-state index contributed by atoms with van der Waals surface area (Å²) in [4.78, 5) is 27.3. The van der Waals surface area contributed by atoms with Crippen molar-refractivity contribution in [1.29, 1.82) is 0 Å². The van der Waals surface area contributed by atoms with Crippen molar-refractivity contribution in [2.75, 3.05) is 20.8 Å². The highest BCUT2D eigenvalue weighted by atomic mass is 28.4. The quantitative estimate of drug-likeness (QED) is 0.105. The Hall–Kier alpha value is -4.03. The van der Waals surface area contributed by atoms with Gasteiger partial charge in [0.2, 0.25) is 8.32 Å². The Morgan fingerprint density at radius 2 is 1.29 bits per heavy atom. The number of rotatable bonds is 14. The summed E-state index contributed by atoms with van der Waals surface area (Å²) in [6.07, 6.45) is -2.19. The fourth-order valence-electron chi connectivity index (χ4n) is 8.05. The number of halogens is 1. The van der Waals surface area contributed by atoms with Gasteiger partial charge in [-0.2, -0.15) is 0 Å². The normalized spacial score (nSPS) is 21.1. The lowest BCUT2D eigenvalue weighted by Crippen LogP contribution is -2.56. The zero-order chi connectivity index (χ0) is 37.1. The number of alkyl halides is 1. The first-order valence-corrected chi connectivity index (χ1v) is 19.7. The van der Waals surface area contributed by atoms with Gasteiger partial charge in [-0.25, -0.2) is 9.18 Å². The molecular formula is C40H51FN2O7Si. The molecule has 1 N–H and O–H groups in total. The Kier molecular flexibility index (Phi) is 11.5. The van der Waals surface area contributed by atoms with Gasteiger partial charge in [0.05, 0.1) is 20.8 Å². The zero-order valence-corrected chi connectivity index (χ0v) is 32.0. The van der Waals surface area contributed by atoms with Crippen LogP contribution in [0.1, 0.15) is 71.4 Å². The number of nitrogens with zero attached hydrogens (tertiary/aromatic N) is 1. The zero-order valence-electron chi connectivity index (χ0n) is 31.0. The molecule has 1 aliphatic heterocycles. The van der Waals surface area contributed by atoms with Crippen LogP contribution in [0, 0.1) is 0 Å². The second-order valence-corrected chi connectivity index (χ2v) is 19.8. The van der Waals surface area contributed by atoms with E-state index < -0.39 is 49.3 Å². The highest BCUT2D eigenvalue weighted by molar-refractivity contribution is 6.77. The molecule has 1 fully saturated rings. The Bertz CT molecular complexity index is 1790. The molecule has 0 saturated carbocycles. The summed E-state index contributed by atoms with van der Waals surface area (Å²) in [7, 11) is 0.517. The molecule has 1 aromatic heterocycles. The highest BCUT2D eigenvalue weighted by Gasteiger charge is 2.61. The van der Waals surface area contributed by atoms with Crippen LogP contribution < -0.4 is 20.7 Å². The number of ether oxygens (including phenoxy) is 4. The first kappa shape index (κ1) is 38.2. The topological polar surface area (TPSA) is 101 Å². The van der Waals surface area contributed by atoms with Gasteiger partial charge in [-0.05, 0) is 64.5 Å². The molecule has 9 nitrogen and oxygen atoms in total. The van der Waals surface area contributed by atoms with Gasteiger partial charge in [-0.15, -0.1) is 0 Å². The van der Waals surface area contributed by atoms with E-state index >= 15 is 4.39 Å². The van der Waals surface area contributed by atoms with E-state index in [4.69, 9.17) is 23.4 Å². The number of methoxy groups -OCH3 is 2. The van der Waals surface area contributed by atoms with E-state index in [1.165, 1.54) is 19.2 Å². The fourth-order valence-corrected chi connectivity index (χ4v) is 13.7. The molecule has 0 spiro atoms. The molecule has 0 aliphatic carbocycles. The summed E-state index contributed by atoms with van der Waals surface area (Å²) in [5.41, 5.74) is -1.86. The lowest BCUT2D eigenvalue weighted by molar-refractivity contribution is -0.0961. The van der Waals surface area contributed by atoms with Crippen molar-refractivity contribution in [1.82, 2.24) is 9.55 Å². The molecule has 2 unspecified atom stereocenters. The first-order chi connectivity index (χ1) is 24.2. The predicted molar refractivity (Wildman–Crippen MR) is 199 cm³/mol. The van der Waals surface area contributed by atoms with Crippen LogP contribution in [0.3, 0.4) is 0 Å². The maximum absolute atomic E-state index is 17.7. The monoisotopic (exact) mass is 718 g/mol. The summed E-state index contributed by atoms with van der Waals surface area (Å²) in [5, 5.41) is 0. The van der Waals surface area contributed by atoms with Gasteiger partial charge in [0.25, 0.3) is 5.56 Å². The molecule has 1 aliphatic rings. The van der Waals surface area contributed by atoms with E-state index in [0.717, 1.165) is 21.3 Å². The van der Waals surface area contributed by atoms with Crippen LogP contribution in [0.4, 0.5) is 4.39 Å². The molecule has 51 heavy (non-hydrogen) atoms. The van der Waals surface area contributed by atoms with Crippen molar-refractivity contribution in [2.45, 2.75) is 94.8 Å². The fraction of sp³-hybridized carbons (Fsp3) is 0.450. The minimum atomic E-state index is -2.71. The van der Waals surface area contributed by atoms with Gasteiger partial charge in [0.1, 0.15) is 29.3 Å². The first-order valence-electron chi connectivity index (χ1n) is 17.5. The molecule has 0 radical (unpaired) electrons. The number of aromatic amines is 1. The van der Waals surface area contributed by atoms with Gasteiger partial charge in [-0.1, -0.05) is 96.1 Å². The van der Waals surface area contributed by atoms with Crippen molar-refractivity contribution in [2.24, 2.45) is 0 Å². The summed E-state index contributed by atoms with van der Waals surface area (Å²) >= 11 is 0. The summed E-state index contributed by atoms with van der Waals surface area (Å²) in [5.74, 6) is 1.37. The molecule has 2 heterocycles. The van der Waals surface area contributed by atoms with Crippen molar-refractivity contribution in [3.63, 3.8) is 0 Å². The Labute approximate surface area is 300 Å². The molecule has 1 saturated heterocycles. The number of nitrogens with one attached hydrogen (secondary N) is 1. The number of hydrogen-bond donors (Lipinski definition) is 1. The predicted octanol–water partition coefficient (Wildman–Crippen LogP) is 7.75. The molecule has 4 atom stereocenters. The van der Waals surface area contributed by atoms with E-state index in [1.54, 1.807) is 14.2 Å². The van der Waals surface area contributed by atoms with Crippen molar-refractivity contribution >= 4 is 8.32 Å². The number of H-pyrrole nitrogens is 1. The van der Waals surface area contributed by atoms with E-state index in [2.05, 4.69) is 46.5 Å². The van der Waals surface area contributed by atoms with Gasteiger partial charge in [0.15, 0.2) is 11.9 Å². The van der Waals surface area contributed by atoms with E-state index in [0.29, 0.717) is 11.5 Å². The van der Waals surface area contributed by atoms with Gasteiger partial charge < -0.3 is 23.4 Å². The molecule has 11 heteroatoms. The van der Waals surface area contributed by atoms with Gasteiger partial charge in [0, 0.05) is 12.3 Å². The molecule has 5 rings (SSSR count). The average molecular weight is 719 g/mol. The third kappa shape index (κ3) is 7.09. The van der Waals surface area contributed by atoms with Crippen LogP contribution in [0.15, 0.2) is 101 Å². The van der Waals surface area contributed by atoms with Crippen molar-refractivity contribution in [3.05, 3.63) is 129 Å². The molecule has 4 aromatic rings. The molecular weight excluding hydrogens is 668 g/mol. The number of aromatic nitrogens is 2. The van der Waals surface area contributed by atoms with E-state index in [-0.39, 0.29) is 23.2 Å². The third-order valence-electron chi connectivity index (χ3n) is 10.5. The molecule has 3 aromatic carbocycles. The summed E-state index contributed by atoms with van der Waals surface area (Å²) in [6.45, 7) is 14.1. The van der Waals surface area contributed by atoms with E-state index in [9.17, 15) is 9.59 Å². The minimum Gasteiger partial charge on any atom is -0.497 e. The van der Waals surface area contributed by atoms with Crippen LogP contribution in [0.5, 0.6) is 11.5 Å². The van der Waals surface area contributed by atoms with E-state index in [1.807, 2.05) is 78.9 Å². The lowest BCUT2D eigenvalue weighted by Gasteiger charge is -2.46. The number of hydrogen-bond acceptors (Lipinski definition) is 7. The summed E-state index contributed by atoms with van der Waals surface area (Å²) in [6, 6.07) is 26.3. The lowest BCUT2D eigenvalue weighted by atomic mass is 9.80. The van der Waals surface area contributed by atoms with Crippen LogP contribution in [0.25, 0.3) is 0 Å². The maximum atomic E-state index is 17.7. The molecule has 274 valence electrons. The molecule has 0 amide bonds. The van der Waals surface area contributed by atoms with Crippen LogP contribution >= 0.6 is 0 Å². The third-order valence-corrected chi connectivity index (χ3v) is 16.5. The van der Waals surface area contributed by atoms with Crippen molar-refractivity contribution in [3.8, 4) is 11.5 Å². The largest absolute Gasteiger partial charge is 0.497 e. The van der Waals surface area contributed by atoms with Crippen molar-refractivity contribution < 1.29 is 27.8 Å². The average Bonchev–Trinajstić information content (AvgIpc) is 3.35. The Morgan fingerprint density at radius 1 is 0.804 bits per heavy atom. The second-order valence-electron chi connectivity index (χ2n) is 14.4. The van der Waals surface area contributed by atoms with Crippen LogP contribution in [0.2, 0.25) is 16.6 Å². The SMILES string of the molecule is COc1ccc(C(OC[C@H]2O[C@H](n3ccc(=O)[nH]c3=O)C(C)(F)C2O[Si](C(C)C)(C(C)C)C(C)C)(c2ccccc2)c2ccc(OC)cc2)cc1. The Morgan fingerprint density at radius 3 is 1.75 bits per heavy atom. The Balaban J connectivity index is 1.69. The maximum Gasteiger partial charge on any atom is 0.330 e. The van der Waals surface area contributed by atoms with Crippen LogP contribution in [-0.4, -0.2) is 56.6 Å². The van der Waals surface area contributed by atoms with Gasteiger partial charge >= 0.3 is 5.69 Å². The number of benzene rings is 3. The van der Waals surface area contributed by atoms with Crippen LogP contribution in [-0.2, 0) is 19.5 Å². The summed E-state index contributed by atoms with van der Waals surface area (Å²) < 4.78 is 50.7. The minimum absolute atomic E-state index is 0.107. The second kappa shape index (κ2) is 15.3. The highest BCUT2D eigenvalue weighted by Crippen LogP contribution is 2.51. The smallest absolute Gasteiger partial charge is 0.330 e.